The average molecular weight is 188 g/mol. The third-order valence-electron chi connectivity index (χ3n) is 0.768. The topological polar surface area (TPSA) is 37.3 Å². The van der Waals surface area contributed by atoms with Crippen LogP contribution in [-0.2, 0) is 0 Å². The first-order chi connectivity index (χ1) is 5.80. The first kappa shape index (κ1) is 13.7. The van der Waals surface area contributed by atoms with Crippen molar-refractivity contribution in [3.05, 3.63) is 22.4 Å². The van der Waals surface area contributed by atoms with E-state index in [1.807, 2.05) is 27.7 Å². The second-order valence-corrected chi connectivity index (χ2v) is 2.10. The molecule has 0 amide bonds. The van der Waals surface area contributed by atoms with E-state index in [-0.39, 0.29) is 0 Å². The molecule has 0 aliphatic carbocycles. The largest absolute Gasteiger partial charge is 0.478 e. The number of thiophene rings is 1. The molecule has 70 valence electrons. The van der Waals surface area contributed by atoms with Gasteiger partial charge in [0.1, 0.15) is 0 Å². The normalized spacial score (nSPS) is 7.00. The lowest BCUT2D eigenvalue weighted by Gasteiger charge is -1.78. The minimum Gasteiger partial charge on any atom is -0.478 e. The van der Waals surface area contributed by atoms with Gasteiger partial charge in [0, 0.05) is 5.38 Å². The van der Waals surface area contributed by atoms with E-state index in [9.17, 15) is 4.79 Å². The van der Waals surface area contributed by atoms with Gasteiger partial charge in [-0.25, -0.2) is 4.79 Å². The molecular weight excluding hydrogens is 172 g/mol. The van der Waals surface area contributed by atoms with Crippen LogP contribution in [0.5, 0.6) is 0 Å². The van der Waals surface area contributed by atoms with Crippen molar-refractivity contribution in [2.24, 2.45) is 0 Å². The number of hydrogen-bond donors (Lipinski definition) is 1. The highest BCUT2D eigenvalue weighted by Crippen LogP contribution is 2.04. The molecule has 0 aromatic carbocycles. The van der Waals surface area contributed by atoms with Gasteiger partial charge in [0.2, 0.25) is 0 Å². The first-order valence-electron chi connectivity index (χ1n) is 4.06. The Morgan fingerprint density at radius 1 is 1.33 bits per heavy atom. The highest BCUT2D eigenvalue weighted by atomic mass is 32.1. The highest BCUT2D eigenvalue weighted by molar-refractivity contribution is 7.08. The number of hydrogen-bond acceptors (Lipinski definition) is 2. The summed E-state index contributed by atoms with van der Waals surface area (Å²) < 4.78 is 0. The van der Waals surface area contributed by atoms with Crippen LogP contribution in [0, 0.1) is 0 Å². The van der Waals surface area contributed by atoms with Crippen LogP contribution in [0.2, 0.25) is 0 Å². The van der Waals surface area contributed by atoms with Crippen LogP contribution < -0.4 is 0 Å². The van der Waals surface area contributed by atoms with Crippen molar-refractivity contribution >= 4 is 17.3 Å². The first-order valence-corrected chi connectivity index (χ1v) is 5.00. The van der Waals surface area contributed by atoms with E-state index in [0.29, 0.717) is 5.56 Å². The monoisotopic (exact) mass is 188 g/mol. The van der Waals surface area contributed by atoms with Crippen LogP contribution in [0.15, 0.2) is 16.8 Å². The van der Waals surface area contributed by atoms with Gasteiger partial charge in [-0.3, -0.25) is 0 Å². The van der Waals surface area contributed by atoms with E-state index in [0.717, 1.165) is 0 Å². The molecule has 0 bridgehead atoms. The zero-order valence-electron chi connectivity index (χ0n) is 8.00. The van der Waals surface area contributed by atoms with Gasteiger partial charge < -0.3 is 5.11 Å². The minimum absolute atomic E-state index is 0.370. The number of aromatic carboxylic acids is 1. The van der Waals surface area contributed by atoms with Gasteiger partial charge in [-0.15, -0.1) is 0 Å². The zero-order valence-corrected chi connectivity index (χ0v) is 8.81. The van der Waals surface area contributed by atoms with Crippen molar-refractivity contribution in [1.29, 1.82) is 0 Å². The summed E-state index contributed by atoms with van der Waals surface area (Å²) in [6.07, 6.45) is 0. The van der Waals surface area contributed by atoms with Gasteiger partial charge in [0.05, 0.1) is 5.56 Å². The molecule has 1 rings (SSSR count). The molecule has 0 aliphatic rings. The standard InChI is InChI=1S/C5H4O2S.2C2H6/c6-5(7)4-1-2-8-3-4;2*1-2/h1-3H,(H,6,7);2*1-2H3. The summed E-state index contributed by atoms with van der Waals surface area (Å²) in [6, 6.07) is 1.58. The molecule has 0 unspecified atom stereocenters. The highest BCUT2D eigenvalue weighted by Gasteiger charge is 1.98. The summed E-state index contributed by atoms with van der Waals surface area (Å²) in [6.45, 7) is 8.00. The quantitative estimate of drug-likeness (QED) is 0.732. The molecule has 3 heteroatoms. The average Bonchev–Trinajstić information content (AvgIpc) is 2.64. The van der Waals surface area contributed by atoms with Crippen molar-refractivity contribution in [3.63, 3.8) is 0 Å². The van der Waals surface area contributed by atoms with Crippen LogP contribution in [0.4, 0.5) is 0 Å². The van der Waals surface area contributed by atoms with Gasteiger partial charge >= 0.3 is 5.97 Å². The molecule has 0 saturated heterocycles. The molecule has 0 aliphatic heterocycles. The third-order valence-corrected chi connectivity index (χ3v) is 1.45. The van der Waals surface area contributed by atoms with Crippen molar-refractivity contribution in [1.82, 2.24) is 0 Å². The molecule has 0 atom stereocenters. The van der Waals surface area contributed by atoms with Crippen LogP contribution in [0.25, 0.3) is 0 Å². The summed E-state index contributed by atoms with van der Waals surface area (Å²) in [5, 5.41) is 11.6. The number of carboxylic acids is 1. The van der Waals surface area contributed by atoms with Crippen molar-refractivity contribution < 1.29 is 9.90 Å². The van der Waals surface area contributed by atoms with Gasteiger partial charge in [-0.1, -0.05) is 27.7 Å². The molecule has 0 radical (unpaired) electrons. The maximum absolute atomic E-state index is 10.1. The fourth-order valence-electron chi connectivity index (χ4n) is 0.386. The summed E-state index contributed by atoms with van der Waals surface area (Å²) in [4.78, 5) is 10.1. The van der Waals surface area contributed by atoms with E-state index >= 15 is 0 Å². The van der Waals surface area contributed by atoms with Crippen molar-refractivity contribution in [2.45, 2.75) is 27.7 Å². The SMILES string of the molecule is CC.CC.O=C(O)c1ccsc1. The Kier molecular flexibility index (Phi) is 11.6. The van der Waals surface area contributed by atoms with Crippen molar-refractivity contribution in [2.75, 3.05) is 0 Å². The molecular formula is C9H16O2S. The molecule has 1 aromatic rings. The minimum atomic E-state index is -0.855. The van der Waals surface area contributed by atoms with E-state index in [1.54, 1.807) is 16.8 Å². The molecule has 0 fully saturated rings. The zero-order chi connectivity index (χ0) is 9.98. The fourth-order valence-corrected chi connectivity index (χ4v) is 1.02. The molecule has 0 spiro atoms. The van der Waals surface area contributed by atoms with E-state index in [4.69, 9.17) is 5.11 Å². The van der Waals surface area contributed by atoms with Crippen LogP contribution in [0.3, 0.4) is 0 Å². The van der Waals surface area contributed by atoms with Gasteiger partial charge in [-0.2, -0.15) is 11.3 Å². The second-order valence-electron chi connectivity index (χ2n) is 1.32. The smallest absolute Gasteiger partial charge is 0.336 e. The maximum Gasteiger partial charge on any atom is 0.336 e. The molecule has 12 heavy (non-hydrogen) atoms. The van der Waals surface area contributed by atoms with E-state index in [1.165, 1.54) is 11.3 Å². The number of carboxylic acid groups (broad SMARTS) is 1. The Balaban J connectivity index is 0. The lowest BCUT2D eigenvalue weighted by Crippen LogP contribution is -1.90. The summed E-state index contributed by atoms with van der Waals surface area (Å²) in [5.74, 6) is -0.855. The van der Waals surface area contributed by atoms with E-state index < -0.39 is 5.97 Å². The maximum atomic E-state index is 10.1. The predicted molar refractivity (Wildman–Crippen MR) is 54.0 cm³/mol. The molecule has 1 heterocycles. The van der Waals surface area contributed by atoms with Gasteiger partial charge in [0.15, 0.2) is 0 Å². The Hall–Kier alpha value is -0.830. The fraction of sp³-hybridized carbons (Fsp3) is 0.444. The summed E-state index contributed by atoms with van der Waals surface area (Å²) >= 11 is 1.39. The number of carbonyl (C=O) groups is 1. The Labute approximate surface area is 77.9 Å². The molecule has 2 nitrogen and oxygen atoms in total. The number of rotatable bonds is 1. The molecule has 1 N–H and O–H groups in total. The Bertz CT molecular complexity index is 180. The second kappa shape index (κ2) is 10.2. The third kappa shape index (κ3) is 5.92. The molecule has 1 aromatic heterocycles. The van der Waals surface area contributed by atoms with Crippen LogP contribution in [-0.4, -0.2) is 11.1 Å². The van der Waals surface area contributed by atoms with Gasteiger partial charge in [0.25, 0.3) is 0 Å². The van der Waals surface area contributed by atoms with Crippen LogP contribution in [0.1, 0.15) is 38.1 Å². The van der Waals surface area contributed by atoms with Gasteiger partial charge in [-0.05, 0) is 11.4 Å². The van der Waals surface area contributed by atoms with Crippen LogP contribution >= 0.6 is 11.3 Å². The van der Waals surface area contributed by atoms with Crippen molar-refractivity contribution in [3.8, 4) is 0 Å². The predicted octanol–water partition coefficient (Wildman–Crippen LogP) is 3.50. The van der Waals surface area contributed by atoms with E-state index in [2.05, 4.69) is 0 Å². The Morgan fingerprint density at radius 2 is 1.83 bits per heavy atom. The Morgan fingerprint density at radius 3 is 2.00 bits per heavy atom. The lowest BCUT2D eigenvalue weighted by atomic mass is 10.4. The summed E-state index contributed by atoms with van der Waals surface area (Å²) in [5.41, 5.74) is 0.370. The summed E-state index contributed by atoms with van der Waals surface area (Å²) in [7, 11) is 0. The lowest BCUT2D eigenvalue weighted by molar-refractivity contribution is 0.0697. The molecule has 0 saturated carbocycles.